The molecule has 1 amide bonds. The summed E-state index contributed by atoms with van der Waals surface area (Å²) in [7, 11) is 3.18. The summed E-state index contributed by atoms with van der Waals surface area (Å²) in [4.78, 5) is 17.5. The predicted octanol–water partition coefficient (Wildman–Crippen LogP) is 4.16. The standard InChI is InChI=1S/C20H20N2O3S/c1-4-14-7-5-6-8-15(14)21-20-22-19(23)18(26-20)12-13-9-10-16(24-2)17(11-13)25-3/h5-12H,4H2,1-3H3,(H,21,22,23)/b18-12+. The van der Waals surface area contributed by atoms with Crippen molar-refractivity contribution in [3.63, 3.8) is 0 Å². The highest BCUT2D eigenvalue weighted by atomic mass is 32.2. The Hall–Kier alpha value is -2.73. The van der Waals surface area contributed by atoms with Gasteiger partial charge in [0.05, 0.1) is 24.8 Å². The van der Waals surface area contributed by atoms with Gasteiger partial charge in [0, 0.05) is 0 Å². The van der Waals surface area contributed by atoms with Gasteiger partial charge in [-0.15, -0.1) is 0 Å². The van der Waals surface area contributed by atoms with Crippen molar-refractivity contribution in [2.75, 3.05) is 14.2 Å². The molecule has 0 atom stereocenters. The van der Waals surface area contributed by atoms with Crippen LogP contribution in [-0.2, 0) is 11.2 Å². The van der Waals surface area contributed by atoms with Crippen LogP contribution in [0.15, 0.2) is 52.4 Å². The smallest absolute Gasteiger partial charge is 0.264 e. The zero-order valence-electron chi connectivity index (χ0n) is 14.9. The number of aliphatic imine (C=N–C) groups is 1. The number of carbonyl (C=O) groups is 1. The largest absolute Gasteiger partial charge is 0.493 e. The topological polar surface area (TPSA) is 59.9 Å². The van der Waals surface area contributed by atoms with E-state index in [2.05, 4.69) is 17.2 Å². The van der Waals surface area contributed by atoms with Gasteiger partial charge in [-0.2, -0.15) is 0 Å². The van der Waals surface area contributed by atoms with Gasteiger partial charge >= 0.3 is 0 Å². The van der Waals surface area contributed by atoms with Crippen LogP contribution in [-0.4, -0.2) is 25.3 Å². The van der Waals surface area contributed by atoms with E-state index in [1.54, 1.807) is 14.2 Å². The molecule has 0 saturated carbocycles. The van der Waals surface area contributed by atoms with E-state index < -0.39 is 0 Å². The van der Waals surface area contributed by atoms with Crippen LogP contribution in [0.25, 0.3) is 6.08 Å². The molecule has 2 aromatic rings. The molecule has 3 rings (SSSR count). The summed E-state index contributed by atoms with van der Waals surface area (Å²) in [6.07, 6.45) is 2.70. The third-order valence-corrected chi connectivity index (χ3v) is 4.86. The summed E-state index contributed by atoms with van der Waals surface area (Å²) in [5, 5.41) is 3.41. The number of para-hydroxylation sites is 1. The van der Waals surface area contributed by atoms with E-state index >= 15 is 0 Å². The van der Waals surface area contributed by atoms with Gasteiger partial charge in [-0.05, 0) is 53.6 Å². The number of thioether (sulfide) groups is 1. The second-order valence-electron chi connectivity index (χ2n) is 5.58. The van der Waals surface area contributed by atoms with Crippen LogP contribution < -0.4 is 14.8 Å². The van der Waals surface area contributed by atoms with E-state index in [1.165, 1.54) is 11.8 Å². The maximum atomic E-state index is 12.3. The SMILES string of the molecule is CCc1ccccc1N=C1NC(=O)/C(=C\c2ccc(OC)c(OC)c2)S1. The van der Waals surface area contributed by atoms with E-state index in [4.69, 9.17) is 9.47 Å². The Morgan fingerprint density at radius 2 is 1.88 bits per heavy atom. The molecule has 5 nitrogen and oxygen atoms in total. The highest BCUT2D eigenvalue weighted by molar-refractivity contribution is 8.18. The first-order chi connectivity index (χ1) is 12.6. The average molecular weight is 368 g/mol. The molecule has 0 aromatic heterocycles. The fourth-order valence-electron chi connectivity index (χ4n) is 2.60. The van der Waals surface area contributed by atoms with Gasteiger partial charge in [0.25, 0.3) is 5.91 Å². The Morgan fingerprint density at radius 1 is 1.12 bits per heavy atom. The van der Waals surface area contributed by atoms with Gasteiger partial charge < -0.3 is 14.8 Å². The zero-order valence-corrected chi connectivity index (χ0v) is 15.7. The Labute approximate surface area is 157 Å². The first kappa shape index (κ1) is 18.1. The zero-order chi connectivity index (χ0) is 18.5. The van der Waals surface area contributed by atoms with E-state index in [1.807, 2.05) is 48.5 Å². The molecule has 1 heterocycles. The van der Waals surface area contributed by atoms with Crippen molar-refractivity contribution in [3.05, 3.63) is 58.5 Å². The Kier molecular flexibility index (Phi) is 5.63. The third kappa shape index (κ3) is 3.91. The molecule has 1 saturated heterocycles. The summed E-state index contributed by atoms with van der Waals surface area (Å²) >= 11 is 1.33. The summed E-state index contributed by atoms with van der Waals surface area (Å²) in [6, 6.07) is 13.5. The van der Waals surface area contributed by atoms with E-state index in [9.17, 15) is 4.79 Å². The predicted molar refractivity (Wildman–Crippen MR) is 106 cm³/mol. The van der Waals surface area contributed by atoms with Crippen molar-refractivity contribution in [1.29, 1.82) is 0 Å². The van der Waals surface area contributed by atoms with Gasteiger partial charge in [-0.1, -0.05) is 31.2 Å². The van der Waals surface area contributed by atoms with Crippen molar-refractivity contribution >= 4 is 34.6 Å². The van der Waals surface area contributed by atoms with E-state index in [-0.39, 0.29) is 5.91 Å². The van der Waals surface area contributed by atoms with Crippen LogP contribution in [0.3, 0.4) is 0 Å². The number of nitrogens with one attached hydrogen (secondary N) is 1. The minimum Gasteiger partial charge on any atom is -0.493 e. The van der Waals surface area contributed by atoms with Gasteiger partial charge in [-0.3, -0.25) is 4.79 Å². The first-order valence-electron chi connectivity index (χ1n) is 8.24. The molecule has 2 aromatic carbocycles. The van der Waals surface area contributed by atoms with Crippen molar-refractivity contribution < 1.29 is 14.3 Å². The molecule has 0 aliphatic carbocycles. The second kappa shape index (κ2) is 8.10. The average Bonchev–Trinajstić information content (AvgIpc) is 3.01. The minimum atomic E-state index is -0.155. The highest BCUT2D eigenvalue weighted by Crippen LogP contribution is 2.32. The molecular weight excluding hydrogens is 348 g/mol. The summed E-state index contributed by atoms with van der Waals surface area (Å²) in [5.41, 5.74) is 2.88. The van der Waals surface area contributed by atoms with Crippen LogP contribution >= 0.6 is 11.8 Å². The van der Waals surface area contributed by atoms with E-state index in [0.29, 0.717) is 21.6 Å². The number of amidine groups is 1. The summed E-state index contributed by atoms with van der Waals surface area (Å²) in [6.45, 7) is 2.09. The van der Waals surface area contributed by atoms with Crippen LogP contribution in [0.4, 0.5) is 5.69 Å². The lowest BCUT2D eigenvalue weighted by Crippen LogP contribution is -2.19. The maximum absolute atomic E-state index is 12.3. The molecule has 1 aliphatic rings. The molecule has 6 heteroatoms. The number of benzene rings is 2. The van der Waals surface area contributed by atoms with Crippen LogP contribution in [0.5, 0.6) is 11.5 Å². The lowest BCUT2D eigenvalue weighted by atomic mass is 10.1. The second-order valence-corrected chi connectivity index (χ2v) is 6.61. The van der Waals surface area contributed by atoms with Gasteiger partial charge in [0.15, 0.2) is 16.7 Å². The number of aryl methyl sites for hydroxylation is 1. The van der Waals surface area contributed by atoms with Gasteiger partial charge in [0.2, 0.25) is 0 Å². The van der Waals surface area contributed by atoms with Crippen molar-refractivity contribution in [2.24, 2.45) is 4.99 Å². The molecule has 0 bridgehead atoms. The van der Waals surface area contributed by atoms with Crippen LogP contribution in [0, 0.1) is 0 Å². The number of methoxy groups -OCH3 is 2. The number of hydrogen-bond donors (Lipinski definition) is 1. The van der Waals surface area contributed by atoms with Crippen molar-refractivity contribution in [2.45, 2.75) is 13.3 Å². The third-order valence-electron chi connectivity index (χ3n) is 3.95. The lowest BCUT2D eigenvalue weighted by Gasteiger charge is -2.07. The first-order valence-corrected chi connectivity index (χ1v) is 9.05. The molecule has 0 radical (unpaired) electrons. The number of ether oxygens (including phenoxy) is 2. The number of rotatable bonds is 5. The Balaban J connectivity index is 1.86. The van der Waals surface area contributed by atoms with Crippen LogP contribution in [0.2, 0.25) is 0 Å². The van der Waals surface area contributed by atoms with Crippen molar-refractivity contribution in [3.8, 4) is 11.5 Å². The Morgan fingerprint density at radius 3 is 2.62 bits per heavy atom. The molecule has 0 spiro atoms. The normalized spacial score (nSPS) is 16.8. The number of amides is 1. The molecular formula is C20H20N2O3S. The van der Waals surface area contributed by atoms with Crippen molar-refractivity contribution in [1.82, 2.24) is 5.32 Å². The monoisotopic (exact) mass is 368 g/mol. The number of hydrogen-bond acceptors (Lipinski definition) is 5. The number of carbonyl (C=O) groups excluding carboxylic acids is 1. The lowest BCUT2D eigenvalue weighted by molar-refractivity contribution is -0.115. The summed E-state index contributed by atoms with van der Waals surface area (Å²) in [5.74, 6) is 1.12. The van der Waals surface area contributed by atoms with Gasteiger partial charge in [-0.25, -0.2) is 4.99 Å². The van der Waals surface area contributed by atoms with Crippen LogP contribution in [0.1, 0.15) is 18.1 Å². The molecule has 1 N–H and O–H groups in total. The Bertz CT molecular complexity index is 890. The quantitative estimate of drug-likeness (QED) is 0.805. The van der Waals surface area contributed by atoms with E-state index in [0.717, 1.165) is 23.2 Å². The highest BCUT2D eigenvalue weighted by Gasteiger charge is 2.24. The molecule has 1 fully saturated rings. The number of nitrogens with zero attached hydrogens (tertiary/aromatic N) is 1. The summed E-state index contributed by atoms with van der Waals surface area (Å²) < 4.78 is 10.5. The molecule has 1 aliphatic heterocycles. The molecule has 134 valence electrons. The molecule has 26 heavy (non-hydrogen) atoms. The fourth-order valence-corrected chi connectivity index (χ4v) is 3.44. The minimum absolute atomic E-state index is 0.155. The fraction of sp³-hybridized carbons (Fsp3) is 0.200. The maximum Gasteiger partial charge on any atom is 0.264 e. The molecule has 0 unspecified atom stereocenters. The van der Waals surface area contributed by atoms with Gasteiger partial charge in [0.1, 0.15) is 0 Å².